The number of aliphatic hydroxyl groups excluding tert-OH is 2. The van der Waals surface area contributed by atoms with Gasteiger partial charge >= 0.3 is 0 Å². The maximum absolute atomic E-state index is 11.0. The van der Waals surface area contributed by atoms with E-state index >= 15 is 0 Å². The van der Waals surface area contributed by atoms with Crippen molar-refractivity contribution in [2.75, 3.05) is 18.4 Å². The molecule has 1 heterocycles. The Morgan fingerprint density at radius 2 is 1.78 bits per heavy atom. The third-order valence-electron chi connectivity index (χ3n) is 5.98. The Kier molecular flexibility index (Phi) is 10.1. The van der Waals surface area contributed by atoms with E-state index in [0.717, 1.165) is 53.4 Å². The molecule has 7 heteroatoms. The molecule has 0 spiro atoms. The van der Waals surface area contributed by atoms with Gasteiger partial charge in [-0.25, -0.2) is 0 Å². The van der Waals surface area contributed by atoms with E-state index in [0.29, 0.717) is 12.1 Å². The molecule has 0 fully saturated rings. The van der Waals surface area contributed by atoms with Crippen molar-refractivity contribution >= 4 is 34.8 Å². The van der Waals surface area contributed by atoms with Crippen molar-refractivity contribution < 1.29 is 15.0 Å². The average Bonchev–Trinajstić information content (AvgIpc) is 3.33. The molecule has 0 amide bonds. The van der Waals surface area contributed by atoms with Crippen LogP contribution in [0.5, 0.6) is 0 Å². The molecule has 4 rings (SSSR count). The van der Waals surface area contributed by atoms with Crippen molar-refractivity contribution in [2.24, 2.45) is 0 Å². The van der Waals surface area contributed by atoms with Crippen LogP contribution in [-0.2, 0) is 6.54 Å². The van der Waals surface area contributed by atoms with Gasteiger partial charge in [0, 0.05) is 59.0 Å². The highest BCUT2D eigenvalue weighted by Crippen LogP contribution is 2.24. The Labute approximate surface area is 217 Å². The van der Waals surface area contributed by atoms with Gasteiger partial charge in [0.25, 0.3) is 0 Å². The van der Waals surface area contributed by atoms with Crippen LogP contribution in [0.2, 0.25) is 0 Å². The maximum atomic E-state index is 11.0. The molecule has 190 valence electrons. The van der Waals surface area contributed by atoms with Gasteiger partial charge in [0.15, 0.2) is 0 Å². The van der Waals surface area contributed by atoms with Gasteiger partial charge in [0.2, 0.25) is 0 Å². The molecule has 1 unspecified atom stereocenters. The summed E-state index contributed by atoms with van der Waals surface area (Å²) in [6.45, 7) is 5.63. The van der Waals surface area contributed by atoms with Crippen LogP contribution >= 0.6 is 11.9 Å². The van der Waals surface area contributed by atoms with Gasteiger partial charge in [-0.1, -0.05) is 30.3 Å². The number of carbonyl (C=O) groups is 1. The molecule has 0 aliphatic carbocycles. The van der Waals surface area contributed by atoms with Gasteiger partial charge in [0.05, 0.1) is 6.10 Å². The smallest absolute Gasteiger partial charge is 0.150 e. The molecule has 4 N–H and O–H groups in total. The van der Waals surface area contributed by atoms with Gasteiger partial charge in [-0.2, -0.15) is 0 Å². The van der Waals surface area contributed by atoms with E-state index < -0.39 is 6.10 Å². The number of hydrogen-bond donors (Lipinski definition) is 4. The van der Waals surface area contributed by atoms with Crippen molar-refractivity contribution in [3.05, 3.63) is 96.2 Å². The first-order valence-corrected chi connectivity index (χ1v) is 12.7. The van der Waals surface area contributed by atoms with Crippen LogP contribution in [0.4, 0.5) is 5.69 Å². The molecule has 0 saturated carbocycles. The van der Waals surface area contributed by atoms with Crippen LogP contribution in [0.1, 0.15) is 42.3 Å². The third kappa shape index (κ3) is 7.70. The fraction of sp³-hybridized carbons (Fsp3) is 0.276. The molecule has 36 heavy (non-hydrogen) atoms. The minimum Gasteiger partial charge on any atom is -0.400 e. The summed E-state index contributed by atoms with van der Waals surface area (Å²) in [6, 6.07) is 25.9. The van der Waals surface area contributed by atoms with Gasteiger partial charge in [-0.15, -0.1) is 0 Å². The third-order valence-corrected chi connectivity index (χ3v) is 6.83. The van der Waals surface area contributed by atoms with E-state index in [1.54, 1.807) is 11.9 Å². The lowest BCUT2D eigenvalue weighted by molar-refractivity contribution is 0.112. The number of aryl methyl sites for hydroxylation is 1. The van der Waals surface area contributed by atoms with Crippen LogP contribution in [0.25, 0.3) is 10.9 Å². The van der Waals surface area contributed by atoms with E-state index in [4.69, 9.17) is 5.11 Å². The molecule has 0 bridgehead atoms. The number of benzene rings is 3. The van der Waals surface area contributed by atoms with Crippen molar-refractivity contribution in [1.29, 1.82) is 0 Å². The minimum atomic E-state index is -0.600. The molecule has 6 nitrogen and oxygen atoms in total. The Morgan fingerprint density at radius 1 is 1.00 bits per heavy atom. The minimum absolute atomic E-state index is 0.153. The molecule has 4 aromatic rings. The van der Waals surface area contributed by atoms with Gasteiger partial charge in [0.1, 0.15) is 6.29 Å². The lowest BCUT2D eigenvalue weighted by atomic mass is 9.99. The summed E-state index contributed by atoms with van der Waals surface area (Å²) < 4.78 is 5.56. The highest BCUT2D eigenvalue weighted by molar-refractivity contribution is 8.00. The number of nitrogens with one attached hydrogen (secondary N) is 2. The summed E-state index contributed by atoms with van der Waals surface area (Å²) in [6.07, 6.45) is 3.24. The van der Waals surface area contributed by atoms with Crippen molar-refractivity contribution in [2.45, 2.75) is 43.4 Å². The van der Waals surface area contributed by atoms with Crippen molar-refractivity contribution in [1.82, 2.24) is 9.88 Å². The zero-order valence-electron chi connectivity index (χ0n) is 21.0. The maximum Gasteiger partial charge on any atom is 0.150 e. The summed E-state index contributed by atoms with van der Waals surface area (Å²) in [5, 5.41) is 22.4. The summed E-state index contributed by atoms with van der Waals surface area (Å²) in [7, 11) is 1.00. The van der Waals surface area contributed by atoms with E-state index in [1.807, 2.05) is 66.7 Å². The highest BCUT2D eigenvalue weighted by Gasteiger charge is 2.20. The lowest BCUT2D eigenvalue weighted by Gasteiger charge is -2.28. The first-order chi connectivity index (χ1) is 17.4. The molecule has 3 aromatic carbocycles. The van der Waals surface area contributed by atoms with E-state index in [9.17, 15) is 9.90 Å². The molecule has 1 aromatic heterocycles. The van der Waals surface area contributed by atoms with Crippen LogP contribution in [0, 0.1) is 0 Å². The van der Waals surface area contributed by atoms with Crippen LogP contribution < -0.4 is 10.0 Å². The second-order valence-electron chi connectivity index (χ2n) is 9.12. The summed E-state index contributed by atoms with van der Waals surface area (Å²) >= 11 is 1.55. The summed E-state index contributed by atoms with van der Waals surface area (Å²) in [4.78, 5) is 12.1. The summed E-state index contributed by atoms with van der Waals surface area (Å²) in [5.74, 6) is 0. The zero-order valence-corrected chi connectivity index (χ0v) is 21.8. The predicted octanol–water partition coefficient (Wildman–Crippen LogP) is 5.67. The van der Waals surface area contributed by atoms with E-state index in [2.05, 4.69) is 46.8 Å². The number of carbonyl (C=O) groups excluding carboxylic acids is 1. The quantitative estimate of drug-likeness (QED) is 0.155. The predicted molar refractivity (Wildman–Crippen MR) is 149 cm³/mol. The fourth-order valence-corrected chi connectivity index (χ4v) is 4.54. The number of aldehydes is 1. The molecule has 1 atom stereocenters. The molecular weight excluding hydrogens is 470 g/mol. The van der Waals surface area contributed by atoms with Crippen LogP contribution in [0.15, 0.2) is 90.0 Å². The number of anilines is 1. The second-order valence-corrected chi connectivity index (χ2v) is 10.00. The van der Waals surface area contributed by atoms with Crippen LogP contribution in [-0.4, -0.2) is 40.3 Å². The normalized spacial score (nSPS) is 12.0. The molecule has 0 aliphatic rings. The fourth-order valence-electron chi connectivity index (χ4n) is 3.88. The Balaban J connectivity index is 0.00000176. The number of aromatic nitrogens is 1. The lowest BCUT2D eigenvalue weighted by Crippen LogP contribution is -2.42. The Morgan fingerprint density at radius 3 is 2.53 bits per heavy atom. The Bertz CT molecular complexity index is 1240. The van der Waals surface area contributed by atoms with Crippen molar-refractivity contribution in [3.8, 4) is 0 Å². The highest BCUT2D eigenvalue weighted by atomic mass is 32.2. The zero-order chi connectivity index (χ0) is 26.0. The SMILES string of the molecule is CC(C)(CCn1ccc2cc(C=O)ccc21)NCC(O)c1cccc(NSc2ccccc2)c1.CO. The van der Waals surface area contributed by atoms with Gasteiger partial charge in [-0.05, 0) is 86.3 Å². The van der Waals surface area contributed by atoms with E-state index in [1.165, 1.54) is 0 Å². The number of nitrogens with zero attached hydrogens (tertiary/aromatic N) is 1. The average molecular weight is 506 g/mol. The first kappa shape index (κ1) is 27.5. The standard InChI is InChI=1S/C28H31N3O2S.CH4O/c1-28(2,14-16-31-15-13-22-17-21(20-32)11-12-26(22)31)29-19-27(33)23-7-6-8-24(18-23)30-34-25-9-4-3-5-10-25;1-2/h3-13,15,17-18,20,27,29-30,33H,14,16,19H2,1-2H3;2H,1H3. The van der Waals surface area contributed by atoms with E-state index in [-0.39, 0.29) is 5.54 Å². The number of β-amino-alcohol motifs (C(OH)–C–C–N with tert-alkyl or cyclic N) is 1. The molecule has 0 saturated heterocycles. The van der Waals surface area contributed by atoms with Crippen LogP contribution in [0.3, 0.4) is 0 Å². The molecule has 0 radical (unpaired) electrons. The second kappa shape index (κ2) is 13.3. The number of hydrogen-bond acceptors (Lipinski definition) is 6. The van der Waals surface area contributed by atoms with Crippen molar-refractivity contribution in [3.63, 3.8) is 0 Å². The topological polar surface area (TPSA) is 86.5 Å². The van der Waals surface area contributed by atoms with Gasteiger partial charge in [-0.3, -0.25) is 4.79 Å². The largest absolute Gasteiger partial charge is 0.400 e. The summed E-state index contributed by atoms with van der Waals surface area (Å²) in [5.41, 5.74) is 3.50. The molecular formula is C29H35N3O3S. The first-order valence-electron chi connectivity index (χ1n) is 11.9. The van der Waals surface area contributed by atoms with Gasteiger partial charge < -0.3 is 24.8 Å². The number of fused-ring (bicyclic) bond motifs is 1. The molecule has 0 aliphatic heterocycles. The number of rotatable bonds is 11. The Hall–Kier alpha value is -3.10. The monoisotopic (exact) mass is 505 g/mol. The number of aliphatic hydroxyl groups is 2.